The predicted molar refractivity (Wildman–Crippen MR) is 57.6 cm³/mol. The standard InChI is InChI=1S/C10H20F2N2O2/c1-2-4-13-5-6-14-10(15)3-7-16-8-9(11)12/h9,13H,2-8H2,1H3,(H,14,15). The normalized spacial score (nSPS) is 10.8. The van der Waals surface area contributed by atoms with Crippen LogP contribution in [0.4, 0.5) is 8.78 Å². The van der Waals surface area contributed by atoms with E-state index in [2.05, 4.69) is 22.3 Å². The van der Waals surface area contributed by atoms with Gasteiger partial charge in [-0.15, -0.1) is 0 Å². The van der Waals surface area contributed by atoms with E-state index in [0.29, 0.717) is 6.54 Å². The number of alkyl halides is 2. The lowest BCUT2D eigenvalue weighted by Crippen LogP contribution is -2.32. The van der Waals surface area contributed by atoms with Crippen LogP contribution in [0.1, 0.15) is 19.8 Å². The number of halogens is 2. The molecule has 0 aromatic rings. The van der Waals surface area contributed by atoms with Gasteiger partial charge >= 0.3 is 0 Å². The lowest BCUT2D eigenvalue weighted by Gasteiger charge is -2.06. The summed E-state index contributed by atoms with van der Waals surface area (Å²) in [6.07, 6.45) is -1.29. The van der Waals surface area contributed by atoms with Gasteiger partial charge in [0.05, 0.1) is 6.61 Å². The Morgan fingerprint density at radius 1 is 1.31 bits per heavy atom. The highest BCUT2D eigenvalue weighted by atomic mass is 19.3. The maximum Gasteiger partial charge on any atom is 0.261 e. The Morgan fingerprint density at radius 3 is 2.69 bits per heavy atom. The van der Waals surface area contributed by atoms with Gasteiger partial charge in [0.15, 0.2) is 0 Å². The van der Waals surface area contributed by atoms with Gasteiger partial charge in [0.25, 0.3) is 6.43 Å². The van der Waals surface area contributed by atoms with E-state index in [-0.39, 0.29) is 18.9 Å². The van der Waals surface area contributed by atoms with E-state index in [1.165, 1.54) is 0 Å². The summed E-state index contributed by atoms with van der Waals surface area (Å²) in [5.41, 5.74) is 0. The largest absolute Gasteiger partial charge is 0.375 e. The zero-order valence-corrected chi connectivity index (χ0v) is 9.60. The van der Waals surface area contributed by atoms with E-state index in [1.54, 1.807) is 0 Å². The topological polar surface area (TPSA) is 50.4 Å². The third-order valence-corrected chi connectivity index (χ3v) is 1.77. The summed E-state index contributed by atoms with van der Waals surface area (Å²) in [5, 5.41) is 5.79. The number of hydrogen-bond donors (Lipinski definition) is 2. The van der Waals surface area contributed by atoms with E-state index in [9.17, 15) is 13.6 Å². The molecule has 1 amide bonds. The van der Waals surface area contributed by atoms with E-state index in [1.807, 2.05) is 0 Å². The number of carbonyl (C=O) groups is 1. The van der Waals surface area contributed by atoms with Crippen molar-refractivity contribution in [2.24, 2.45) is 0 Å². The van der Waals surface area contributed by atoms with Gasteiger partial charge in [-0.05, 0) is 13.0 Å². The van der Waals surface area contributed by atoms with Gasteiger partial charge in [-0.3, -0.25) is 4.79 Å². The molecule has 0 aliphatic carbocycles. The molecule has 0 atom stereocenters. The Labute approximate surface area is 94.7 Å². The first kappa shape index (κ1) is 15.2. The minimum atomic E-state index is -2.47. The van der Waals surface area contributed by atoms with E-state index < -0.39 is 13.0 Å². The van der Waals surface area contributed by atoms with Gasteiger partial charge in [-0.2, -0.15) is 0 Å². The highest BCUT2D eigenvalue weighted by Gasteiger charge is 2.04. The fourth-order valence-electron chi connectivity index (χ4n) is 1.02. The predicted octanol–water partition coefficient (Wildman–Crippen LogP) is 0.774. The first-order chi connectivity index (χ1) is 7.66. The second-order valence-corrected chi connectivity index (χ2v) is 3.32. The molecule has 6 heteroatoms. The molecule has 0 rings (SSSR count). The van der Waals surface area contributed by atoms with Crippen LogP contribution in [0.15, 0.2) is 0 Å². The molecule has 0 heterocycles. The summed E-state index contributed by atoms with van der Waals surface area (Å²) in [7, 11) is 0. The fourth-order valence-corrected chi connectivity index (χ4v) is 1.02. The molecule has 0 radical (unpaired) electrons. The Hall–Kier alpha value is -0.750. The second kappa shape index (κ2) is 10.8. The van der Waals surface area contributed by atoms with Gasteiger partial charge in [0, 0.05) is 19.5 Å². The van der Waals surface area contributed by atoms with Gasteiger partial charge in [-0.1, -0.05) is 6.92 Å². The van der Waals surface area contributed by atoms with E-state index in [0.717, 1.165) is 19.5 Å². The van der Waals surface area contributed by atoms with Crippen LogP contribution in [0.25, 0.3) is 0 Å². The minimum Gasteiger partial charge on any atom is -0.375 e. The summed E-state index contributed by atoms with van der Waals surface area (Å²) >= 11 is 0. The van der Waals surface area contributed by atoms with Crippen molar-refractivity contribution in [1.82, 2.24) is 10.6 Å². The highest BCUT2D eigenvalue weighted by Crippen LogP contribution is 1.93. The summed E-state index contributed by atoms with van der Waals surface area (Å²) in [6.45, 7) is 3.69. The summed E-state index contributed by atoms with van der Waals surface area (Å²) < 4.78 is 27.9. The smallest absolute Gasteiger partial charge is 0.261 e. The Balaban J connectivity index is 3.18. The van der Waals surface area contributed by atoms with Crippen LogP contribution in [0.2, 0.25) is 0 Å². The van der Waals surface area contributed by atoms with Crippen molar-refractivity contribution in [2.45, 2.75) is 26.2 Å². The van der Waals surface area contributed by atoms with Gasteiger partial charge < -0.3 is 15.4 Å². The van der Waals surface area contributed by atoms with Gasteiger partial charge in [0.1, 0.15) is 6.61 Å². The lowest BCUT2D eigenvalue weighted by atomic mass is 10.4. The van der Waals surface area contributed by atoms with E-state index in [4.69, 9.17) is 0 Å². The summed E-state index contributed by atoms with van der Waals surface area (Å²) in [5.74, 6) is -0.174. The molecule has 0 bridgehead atoms. The molecule has 16 heavy (non-hydrogen) atoms. The molecule has 0 aliphatic heterocycles. The molecule has 4 nitrogen and oxygen atoms in total. The van der Waals surface area contributed by atoms with Crippen LogP contribution < -0.4 is 10.6 Å². The number of nitrogens with one attached hydrogen (secondary N) is 2. The zero-order chi connectivity index (χ0) is 12.2. The maximum atomic E-state index is 11.6. The molecule has 96 valence electrons. The van der Waals surface area contributed by atoms with Crippen LogP contribution >= 0.6 is 0 Å². The Morgan fingerprint density at radius 2 is 2.06 bits per heavy atom. The Kier molecular flexibility index (Phi) is 10.3. The molecule has 0 fully saturated rings. The molecule has 0 spiro atoms. The monoisotopic (exact) mass is 238 g/mol. The molecule has 0 aromatic heterocycles. The number of hydrogen-bond acceptors (Lipinski definition) is 3. The van der Waals surface area contributed by atoms with Crippen LogP contribution in [-0.2, 0) is 9.53 Å². The molecule has 0 saturated heterocycles. The highest BCUT2D eigenvalue weighted by molar-refractivity contribution is 5.75. The quantitative estimate of drug-likeness (QED) is 0.553. The van der Waals surface area contributed by atoms with Gasteiger partial charge in [0.2, 0.25) is 5.91 Å². The minimum absolute atomic E-state index is 0.0402. The van der Waals surface area contributed by atoms with Crippen LogP contribution in [0.5, 0.6) is 0 Å². The van der Waals surface area contributed by atoms with Crippen molar-refractivity contribution in [3.8, 4) is 0 Å². The van der Waals surface area contributed by atoms with Crippen molar-refractivity contribution < 1.29 is 18.3 Å². The van der Waals surface area contributed by atoms with Crippen LogP contribution in [-0.4, -0.2) is 45.2 Å². The first-order valence-corrected chi connectivity index (χ1v) is 5.50. The van der Waals surface area contributed by atoms with Crippen molar-refractivity contribution in [1.29, 1.82) is 0 Å². The van der Waals surface area contributed by atoms with Crippen LogP contribution in [0, 0.1) is 0 Å². The van der Waals surface area contributed by atoms with Crippen molar-refractivity contribution in [3.63, 3.8) is 0 Å². The zero-order valence-electron chi connectivity index (χ0n) is 9.60. The number of carbonyl (C=O) groups excluding carboxylic acids is 1. The molecule has 0 saturated carbocycles. The fraction of sp³-hybridized carbons (Fsp3) is 0.900. The first-order valence-electron chi connectivity index (χ1n) is 5.50. The molecule has 0 aliphatic rings. The number of rotatable bonds is 10. The second-order valence-electron chi connectivity index (χ2n) is 3.32. The summed E-state index contributed by atoms with van der Waals surface area (Å²) in [6, 6.07) is 0. The molecule has 0 unspecified atom stereocenters. The maximum absolute atomic E-state index is 11.6. The third-order valence-electron chi connectivity index (χ3n) is 1.77. The molecular formula is C10H20F2N2O2. The number of amides is 1. The lowest BCUT2D eigenvalue weighted by molar-refractivity contribution is -0.122. The van der Waals surface area contributed by atoms with E-state index >= 15 is 0 Å². The molecule has 0 aromatic carbocycles. The van der Waals surface area contributed by atoms with Crippen molar-refractivity contribution in [2.75, 3.05) is 32.8 Å². The SMILES string of the molecule is CCCNCCNC(=O)CCOCC(F)F. The third kappa shape index (κ3) is 11.3. The summed E-state index contributed by atoms with van der Waals surface area (Å²) in [4.78, 5) is 11.1. The molecule has 2 N–H and O–H groups in total. The van der Waals surface area contributed by atoms with Crippen LogP contribution in [0.3, 0.4) is 0 Å². The number of ether oxygens (including phenoxy) is 1. The average Bonchev–Trinajstić information content (AvgIpc) is 2.24. The van der Waals surface area contributed by atoms with Crippen molar-refractivity contribution in [3.05, 3.63) is 0 Å². The molecular weight excluding hydrogens is 218 g/mol. The van der Waals surface area contributed by atoms with Gasteiger partial charge in [-0.25, -0.2) is 8.78 Å². The Bertz CT molecular complexity index is 180. The average molecular weight is 238 g/mol. The van der Waals surface area contributed by atoms with Crippen molar-refractivity contribution >= 4 is 5.91 Å².